The first-order valence-corrected chi connectivity index (χ1v) is 7.94. The van der Waals surface area contributed by atoms with Crippen LogP contribution < -0.4 is 10.5 Å². The zero-order valence-electron chi connectivity index (χ0n) is 11.4. The van der Waals surface area contributed by atoms with Crippen LogP contribution in [0.2, 0.25) is 0 Å². The molecule has 0 spiro atoms. The Labute approximate surface area is 119 Å². The van der Waals surface area contributed by atoms with Gasteiger partial charge in [-0.05, 0) is 29.5 Å². The zero-order valence-corrected chi connectivity index (χ0v) is 12.3. The molecule has 1 unspecified atom stereocenters. The van der Waals surface area contributed by atoms with E-state index in [1.165, 1.54) is 0 Å². The summed E-state index contributed by atoms with van der Waals surface area (Å²) in [6.45, 7) is 2.89. The van der Waals surface area contributed by atoms with E-state index >= 15 is 0 Å². The van der Waals surface area contributed by atoms with E-state index in [0.717, 1.165) is 0 Å². The van der Waals surface area contributed by atoms with Gasteiger partial charge in [0.05, 0.1) is 18.7 Å². The van der Waals surface area contributed by atoms with Gasteiger partial charge in [0.25, 0.3) is 0 Å². The number of ether oxygens (including phenoxy) is 1. The number of nitrogen functional groups attached to an aromatic ring is 1. The predicted molar refractivity (Wildman–Crippen MR) is 77.8 cm³/mol. The second-order valence-electron chi connectivity index (χ2n) is 4.16. The first-order valence-electron chi connectivity index (χ1n) is 6.21. The largest absolute Gasteiger partial charge is 0.493 e. The van der Waals surface area contributed by atoms with E-state index in [2.05, 4.69) is 15.5 Å². The van der Waals surface area contributed by atoms with Gasteiger partial charge < -0.3 is 10.5 Å². The Kier molecular flexibility index (Phi) is 4.67. The summed E-state index contributed by atoms with van der Waals surface area (Å²) in [4.78, 5) is 0. The summed E-state index contributed by atoms with van der Waals surface area (Å²) in [5.74, 6) is 1.65. The molecule has 0 aliphatic heterocycles. The summed E-state index contributed by atoms with van der Waals surface area (Å²) in [6, 6.07) is 5.42. The van der Waals surface area contributed by atoms with E-state index < -0.39 is 10.8 Å². The number of tetrazole rings is 1. The highest BCUT2D eigenvalue weighted by atomic mass is 32.2. The highest BCUT2D eigenvalue weighted by molar-refractivity contribution is 7.84. The van der Waals surface area contributed by atoms with Gasteiger partial charge in [-0.3, -0.25) is 4.21 Å². The lowest BCUT2D eigenvalue weighted by Crippen LogP contribution is -2.11. The van der Waals surface area contributed by atoms with Gasteiger partial charge in [0.2, 0.25) is 0 Å². The molecular weight excluding hydrogens is 278 g/mol. The lowest BCUT2D eigenvalue weighted by molar-refractivity contribution is 0.341. The topological polar surface area (TPSA) is 95.9 Å². The van der Waals surface area contributed by atoms with Crippen LogP contribution in [0, 0.1) is 0 Å². The molecule has 2 N–H and O–H groups in total. The van der Waals surface area contributed by atoms with E-state index in [9.17, 15) is 4.21 Å². The third-order valence-corrected chi connectivity index (χ3v) is 3.46. The Morgan fingerprint density at radius 3 is 2.95 bits per heavy atom. The van der Waals surface area contributed by atoms with Crippen molar-refractivity contribution in [2.75, 3.05) is 24.3 Å². The van der Waals surface area contributed by atoms with Gasteiger partial charge in [-0.25, -0.2) is 4.68 Å². The van der Waals surface area contributed by atoms with Crippen molar-refractivity contribution in [3.05, 3.63) is 18.2 Å². The molecule has 1 aromatic heterocycles. The maximum atomic E-state index is 11.2. The highest BCUT2D eigenvalue weighted by Crippen LogP contribution is 2.33. The monoisotopic (exact) mass is 295 g/mol. The molecule has 1 atom stereocenters. The Morgan fingerprint density at radius 2 is 2.25 bits per heavy atom. The lowest BCUT2D eigenvalue weighted by Gasteiger charge is -2.12. The molecule has 0 amide bonds. The molecule has 0 saturated carbocycles. The van der Waals surface area contributed by atoms with Crippen molar-refractivity contribution in [3.8, 4) is 17.1 Å². The van der Waals surface area contributed by atoms with Gasteiger partial charge >= 0.3 is 0 Å². The molecule has 0 bridgehead atoms. The van der Waals surface area contributed by atoms with Crippen LogP contribution in [-0.4, -0.2) is 43.0 Å². The fraction of sp³-hybridized carbons (Fsp3) is 0.417. The van der Waals surface area contributed by atoms with Gasteiger partial charge in [0.1, 0.15) is 5.75 Å². The summed E-state index contributed by atoms with van der Waals surface area (Å²) in [5, 5.41) is 11.6. The van der Waals surface area contributed by atoms with E-state index in [1.54, 1.807) is 17.0 Å². The van der Waals surface area contributed by atoms with Crippen LogP contribution in [0.5, 0.6) is 5.75 Å². The van der Waals surface area contributed by atoms with E-state index in [1.807, 2.05) is 19.1 Å². The number of nitrogens with two attached hydrogens (primary N) is 1. The van der Waals surface area contributed by atoms with Crippen LogP contribution in [0.25, 0.3) is 11.4 Å². The van der Waals surface area contributed by atoms with Crippen LogP contribution in [0.3, 0.4) is 0 Å². The molecule has 0 fully saturated rings. The number of hydrogen-bond acceptors (Lipinski definition) is 6. The standard InChI is InChI=1S/C12H17N5O2S/c1-3-19-10-6-4-5-9(13)11(10)12-14-15-16-17(12)7-8-20(2)18/h4-6H,3,7-8,13H2,1-2H3. The molecule has 108 valence electrons. The Bertz CT molecular complexity index is 614. The van der Waals surface area contributed by atoms with Gasteiger partial charge in [0.15, 0.2) is 5.82 Å². The smallest absolute Gasteiger partial charge is 0.187 e. The average molecular weight is 295 g/mol. The third kappa shape index (κ3) is 3.13. The fourth-order valence-electron chi connectivity index (χ4n) is 1.81. The van der Waals surface area contributed by atoms with Crippen LogP contribution >= 0.6 is 0 Å². The van der Waals surface area contributed by atoms with Gasteiger partial charge in [-0.15, -0.1) is 5.10 Å². The van der Waals surface area contributed by atoms with E-state index in [0.29, 0.717) is 41.7 Å². The number of anilines is 1. The van der Waals surface area contributed by atoms with Crippen LogP contribution in [0.4, 0.5) is 5.69 Å². The molecule has 1 aromatic carbocycles. The summed E-state index contributed by atoms with van der Waals surface area (Å²) in [6.07, 6.45) is 1.65. The maximum Gasteiger partial charge on any atom is 0.187 e. The van der Waals surface area contributed by atoms with Gasteiger partial charge in [0, 0.05) is 28.5 Å². The summed E-state index contributed by atoms with van der Waals surface area (Å²) < 4.78 is 18.4. The summed E-state index contributed by atoms with van der Waals surface area (Å²) in [7, 11) is -0.908. The molecule has 8 heteroatoms. The maximum absolute atomic E-state index is 11.2. The van der Waals surface area contributed by atoms with Crippen molar-refractivity contribution in [1.29, 1.82) is 0 Å². The van der Waals surface area contributed by atoms with Crippen molar-refractivity contribution in [2.45, 2.75) is 13.5 Å². The highest BCUT2D eigenvalue weighted by Gasteiger charge is 2.17. The van der Waals surface area contributed by atoms with E-state index in [-0.39, 0.29) is 0 Å². The van der Waals surface area contributed by atoms with E-state index in [4.69, 9.17) is 10.5 Å². The normalized spacial score (nSPS) is 12.3. The Morgan fingerprint density at radius 1 is 1.45 bits per heavy atom. The number of benzene rings is 1. The molecule has 7 nitrogen and oxygen atoms in total. The summed E-state index contributed by atoms with van der Waals surface area (Å²) >= 11 is 0. The first kappa shape index (κ1) is 14.4. The summed E-state index contributed by atoms with van der Waals surface area (Å²) in [5.41, 5.74) is 7.23. The minimum absolute atomic E-state index is 0.464. The Balaban J connectivity index is 2.41. The molecule has 0 saturated heterocycles. The van der Waals surface area contributed by atoms with Crippen molar-refractivity contribution < 1.29 is 8.95 Å². The zero-order chi connectivity index (χ0) is 14.5. The number of aryl methyl sites for hydroxylation is 1. The second kappa shape index (κ2) is 6.47. The lowest BCUT2D eigenvalue weighted by atomic mass is 10.1. The predicted octanol–water partition coefficient (Wildman–Crippen LogP) is 0.699. The first-order chi connectivity index (χ1) is 9.63. The van der Waals surface area contributed by atoms with Crippen molar-refractivity contribution in [1.82, 2.24) is 20.2 Å². The third-order valence-electron chi connectivity index (χ3n) is 2.70. The molecule has 0 aliphatic carbocycles. The molecule has 20 heavy (non-hydrogen) atoms. The molecular formula is C12H17N5O2S. The average Bonchev–Trinajstić information content (AvgIpc) is 2.85. The number of nitrogens with zero attached hydrogens (tertiary/aromatic N) is 4. The SMILES string of the molecule is CCOc1cccc(N)c1-c1nnnn1CCS(C)=O. The quantitative estimate of drug-likeness (QED) is 0.788. The number of hydrogen-bond donors (Lipinski definition) is 1. The molecule has 0 aliphatic rings. The minimum atomic E-state index is -0.908. The molecule has 2 aromatic rings. The second-order valence-corrected chi connectivity index (χ2v) is 5.71. The fourth-order valence-corrected chi connectivity index (χ4v) is 2.24. The Hall–Kier alpha value is -1.96. The van der Waals surface area contributed by atoms with Crippen molar-refractivity contribution >= 4 is 16.5 Å². The molecule has 2 rings (SSSR count). The van der Waals surface area contributed by atoms with Crippen molar-refractivity contribution in [3.63, 3.8) is 0 Å². The van der Waals surface area contributed by atoms with Gasteiger partial charge in [-0.1, -0.05) is 6.07 Å². The number of rotatable bonds is 6. The van der Waals surface area contributed by atoms with Crippen LogP contribution in [0.15, 0.2) is 18.2 Å². The van der Waals surface area contributed by atoms with Crippen LogP contribution in [0.1, 0.15) is 6.92 Å². The molecule has 1 heterocycles. The number of aromatic nitrogens is 4. The van der Waals surface area contributed by atoms with Crippen LogP contribution in [-0.2, 0) is 17.3 Å². The van der Waals surface area contributed by atoms with Gasteiger partial charge in [-0.2, -0.15) is 0 Å². The molecule has 0 radical (unpaired) electrons. The minimum Gasteiger partial charge on any atom is -0.493 e. The van der Waals surface area contributed by atoms with Crippen molar-refractivity contribution in [2.24, 2.45) is 0 Å².